The second kappa shape index (κ2) is 8.01. The van der Waals surface area contributed by atoms with Crippen LogP contribution in [0.5, 0.6) is 11.5 Å². The number of anilines is 1. The number of benzene rings is 2. The van der Waals surface area contributed by atoms with Crippen LogP contribution in [0.15, 0.2) is 42.5 Å². The van der Waals surface area contributed by atoms with Gasteiger partial charge in [0.2, 0.25) is 0 Å². The zero-order valence-corrected chi connectivity index (χ0v) is 13.7. The Labute approximate surface area is 140 Å². The fraction of sp³-hybridized carbons (Fsp3) is 0.222. The third-order valence-electron chi connectivity index (χ3n) is 3.43. The third kappa shape index (κ3) is 4.49. The van der Waals surface area contributed by atoms with Crippen molar-refractivity contribution >= 4 is 17.5 Å². The molecular formula is C18H20N2O4. The predicted octanol–water partition coefficient (Wildman–Crippen LogP) is 2.37. The SMILES string of the molecule is CCc1cccc(NC(=O)COc2cc(OC)ccc2C(N)=O)c1. The molecule has 2 aromatic rings. The minimum atomic E-state index is -0.635. The lowest BCUT2D eigenvalue weighted by molar-refractivity contribution is -0.118. The first-order valence-corrected chi connectivity index (χ1v) is 7.53. The van der Waals surface area contributed by atoms with E-state index in [1.165, 1.54) is 19.2 Å². The van der Waals surface area contributed by atoms with Crippen LogP contribution in [-0.4, -0.2) is 25.5 Å². The lowest BCUT2D eigenvalue weighted by Gasteiger charge is -2.12. The largest absolute Gasteiger partial charge is 0.497 e. The first-order chi connectivity index (χ1) is 11.5. The number of carbonyl (C=O) groups is 2. The summed E-state index contributed by atoms with van der Waals surface area (Å²) in [7, 11) is 1.50. The van der Waals surface area contributed by atoms with Crippen molar-refractivity contribution in [3.05, 3.63) is 53.6 Å². The number of aryl methyl sites for hydroxylation is 1. The van der Waals surface area contributed by atoms with Crippen molar-refractivity contribution in [3.63, 3.8) is 0 Å². The summed E-state index contributed by atoms with van der Waals surface area (Å²) in [6.07, 6.45) is 0.881. The molecule has 0 heterocycles. The molecule has 24 heavy (non-hydrogen) atoms. The topological polar surface area (TPSA) is 90.7 Å². The molecule has 0 radical (unpaired) electrons. The summed E-state index contributed by atoms with van der Waals surface area (Å²) in [5, 5.41) is 2.75. The van der Waals surface area contributed by atoms with Crippen LogP contribution < -0.4 is 20.5 Å². The van der Waals surface area contributed by atoms with Gasteiger partial charge >= 0.3 is 0 Å². The van der Waals surface area contributed by atoms with Crippen LogP contribution >= 0.6 is 0 Å². The Kier molecular flexibility index (Phi) is 5.78. The highest BCUT2D eigenvalue weighted by molar-refractivity contribution is 5.96. The van der Waals surface area contributed by atoms with E-state index in [0.29, 0.717) is 11.4 Å². The lowest BCUT2D eigenvalue weighted by atomic mass is 10.1. The monoisotopic (exact) mass is 328 g/mol. The lowest BCUT2D eigenvalue weighted by Crippen LogP contribution is -2.21. The van der Waals surface area contributed by atoms with E-state index >= 15 is 0 Å². The van der Waals surface area contributed by atoms with Crippen molar-refractivity contribution in [2.24, 2.45) is 5.73 Å². The maximum Gasteiger partial charge on any atom is 0.262 e. The van der Waals surface area contributed by atoms with E-state index in [4.69, 9.17) is 15.2 Å². The quantitative estimate of drug-likeness (QED) is 0.816. The molecule has 0 spiro atoms. The predicted molar refractivity (Wildman–Crippen MR) is 91.5 cm³/mol. The average molecular weight is 328 g/mol. The molecule has 0 aromatic heterocycles. The molecule has 0 bridgehead atoms. The van der Waals surface area contributed by atoms with E-state index in [2.05, 4.69) is 5.32 Å². The summed E-state index contributed by atoms with van der Waals surface area (Å²) in [5.41, 5.74) is 7.32. The summed E-state index contributed by atoms with van der Waals surface area (Å²) in [6.45, 7) is 1.79. The molecule has 126 valence electrons. The minimum Gasteiger partial charge on any atom is -0.497 e. The van der Waals surface area contributed by atoms with Crippen LogP contribution in [0.3, 0.4) is 0 Å². The van der Waals surface area contributed by atoms with Gasteiger partial charge in [0.25, 0.3) is 11.8 Å². The number of hydrogen-bond donors (Lipinski definition) is 2. The van der Waals surface area contributed by atoms with Gasteiger partial charge in [0.05, 0.1) is 12.7 Å². The normalized spacial score (nSPS) is 10.1. The number of ether oxygens (including phenoxy) is 2. The molecular weight excluding hydrogens is 308 g/mol. The van der Waals surface area contributed by atoms with Gasteiger partial charge in [0.1, 0.15) is 11.5 Å². The molecule has 0 saturated carbocycles. The zero-order chi connectivity index (χ0) is 17.5. The summed E-state index contributed by atoms with van der Waals surface area (Å²) >= 11 is 0. The van der Waals surface area contributed by atoms with Crippen LogP contribution in [0.2, 0.25) is 0 Å². The molecule has 0 aliphatic heterocycles. The van der Waals surface area contributed by atoms with Crippen LogP contribution in [0.25, 0.3) is 0 Å². The number of nitrogens with two attached hydrogens (primary N) is 1. The molecule has 6 nitrogen and oxygen atoms in total. The van der Waals surface area contributed by atoms with E-state index < -0.39 is 5.91 Å². The average Bonchev–Trinajstić information content (AvgIpc) is 2.59. The van der Waals surface area contributed by atoms with Crippen LogP contribution in [-0.2, 0) is 11.2 Å². The summed E-state index contributed by atoms with van der Waals surface area (Å²) in [6, 6.07) is 12.2. The zero-order valence-electron chi connectivity index (χ0n) is 13.7. The molecule has 2 aromatic carbocycles. The first-order valence-electron chi connectivity index (χ1n) is 7.53. The van der Waals surface area contributed by atoms with Gasteiger partial charge in [0.15, 0.2) is 6.61 Å². The van der Waals surface area contributed by atoms with Crippen LogP contribution in [0.1, 0.15) is 22.8 Å². The number of methoxy groups -OCH3 is 1. The highest BCUT2D eigenvalue weighted by atomic mass is 16.5. The number of hydrogen-bond acceptors (Lipinski definition) is 4. The van der Waals surface area contributed by atoms with Crippen molar-refractivity contribution in [3.8, 4) is 11.5 Å². The highest BCUT2D eigenvalue weighted by Crippen LogP contribution is 2.24. The van der Waals surface area contributed by atoms with Gasteiger partial charge in [-0.25, -0.2) is 0 Å². The molecule has 3 N–H and O–H groups in total. The Bertz CT molecular complexity index is 744. The Morgan fingerprint density at radius 3 is 2.62 bits per heavy atom. The molecule has 2 amide bonds. The number of nitrogens with one attached hydrogen (secondary N) is 1. The Morgan fingerprint density at radius 2 is 1.96 bits per heavy atom. The Hall–Kier alpha value is -3.02. The molecule has 6 heteroatoms. The number of carbonyl (C=O) groups excluding carboxylic acids is 2. The van der Waals surface area contributed by atoms with Gasteiger partial charge in [0, 0.05) is 11.8 Å². The molecule has 0 unspecified atom stereocenters. The molecule has 0 aliphatic rings. The first kappa shape index (κ1) is 17.3. The van der Waals surface area contributed by atoms with E-state index in [9.17, 15) is 9.59 Å². The van der Waals surface area contributed by atoms with Crippen molar-refractivity contribution in [1.82, 2.24) is 0 Å². The van der Waals surface area contributed by atoms with E-state index in [-0.39, 0.29) is 23.8 Å². The van der Waals surface area contributed by atoms with Crippen LogP contribution in [0, 0.1) is 0 Å². The van der Waals surface area contributed by atoms with E-state index in [1.54, 1.807) is 12.1 Å². The third-order valence-corrected chi connectivity index (χ3v) is 3.43. The number of rotatable bonds is 7. The molecule has 0 aliphatic carbocycles. The van der Waals surface area contributed by atoms with Crippen LogP contribution in [0.4, 0.5) is 5.69 Å². The second-order valence-corrected chi connectivity index (χ2v) is 5.12. The van der Waals surface area contributed by atoms with Gasteiger partial charge < -0.3 is 20.5 Å². The summed E-state index contributed by atoms with van der Waals surface area (Å²) in [5.74, 6) is -0.254. The van der Waals surface area contributed by atoms with Crippen molar-refractivity contribution in [1.29, 1.82) is 0 Å². The van der Waals surface area contributed by atoms with E-state index in [1.807, 2.05) is 25.1 Å². The summed E-state index contributed by atoms with van der Waals surface area (Å²) in [4.78, 5) is 23.5. The van der Waals surface area contributed by atoms with Crippen molar-refractivity contribution in [2.75, 3.05) is 19.0 Å². The second-order valence-electron chi connectivity index (χ2n) is 5.12. The number of primary amides is 1. The molecule has 0 saturated heterocycles. The maximum atomic E-state index is 12.0. The highest BCUT2D eigenvalue weighted by Gasteiger charge is 2.13. The number of amides is 2. The maximum absolute atomic E-state index is 12.0. The van der Waals surface area contributed by atoms with Gasteiger partial charge in [-0.05, 0) is 36.2 Å². The smallest absolute Gasteiger partial charge is 0.262 e. The van der Waals surface area contributed by atoms with E-state index in [0.717, 1.165) is 12.0 Å². The summed E-state index contributed by atoms with van der Waals surface area (Å²) < 4.78 is 10.5. The minimum absolute atomic E-state index is 0.191. The van der Waals surface area contributed by atoms with Crippen molar-refractivity contribution in [2.45, 2.75) is 13.3 Å². The van der Waals surface area contributed by atoms with Gasteiger partial charge in [-0.15, -0.1) is 0 Å². The van der Waals surface area contributed by atoms with Crippen molar-refractivity contribution < 1.29 is 19.1 Å². The molecule has 2 rings (SSSR count). The van der Waals surface area contributed by atoms with Gasteiger partial charge in [-0.3, -0.25) is 9.59 Å². The fourth-order valence-electron chi connectivity index (χ4n) is 2.16. The molecule has 0 fully saturated rings. The van der Waals surface area contributed by atoms with Gasteiger partial charge in [-0.1, -0.05) is 19.1 Å². The Balaban J connectivity index is 2.04. The molecule has 0 atom stereocenters. The standard InChI is InChI=1S/C18H20N2O4/c1-3-12-5-4-6-13(9-12)20-17(21)11-24-16-10-14(23-2)7-8-15(16)18(19)22/h4-10H,3,11H2,1-2H3,(H2,19,22)(H,20,21). The Morgan fingerprint density at radius 1 is 1.17 bits per heavy atom. The van der Waals surface area contributed by atoms with Gasteiger partial charge in [-0.2, -0.15) is 0 Å². The fourth-order valence-corrected chi connectivity index (χ4v) is 2.16.